The normalized spacial score (nSPS) is 17.2. The van der Waals surface area contributed by atoms with Crippen molar-refractivity contribution in [3.63, 3.8) is 0 Å². The minimum atomic E-state index is -0.805. The van der Waals surface area contributed by atoms with Gasteiger partial charge < -0.3 is 10.4 Å². The molecule has 1 fully saturated rings. The maximum atomic E-state index is 12.0. The quantitative estimate of drug-likeness (QED) is 0.878. The molecule has 0 radical (unpaired) electrons. The molecule has 5 heteroatoms. The minimum absolute atomic E-state index is 0.176. The van der Waals surface area contributed by atoms with Crippen molar-refractivity contribution in [3.8, 4) is 0 Å². The number of carboxylic acids is 1. The summed E-state index contributed by atoms with van der Waals surface area (Å²) >= 11 is 6.02. The van der Waals surface area contributed by atoms with Gasteiger partial charge in [-0.1, -0.05) is 49.1 Å². The molecule has 1 aromatic rings. The second kappa shape index (κ2) is 6.94. The summed E-state index contributed by atoms with van der Waals surface area (Å²) in [6, 6.07) is 7.18. The van der Waals surface area contributed by atoms with E-state index in [1.807, 2.05) is 12.1 Å². The van der Waals surface area contributed by atoms with Crippen molar-refractivity contribution in [1.29, 1.82) is 0 Å². The summed E-state index contributed by atoms with van der Waals surface area (Å²) in [7, 11) is 0. The first kappa shape index (κ1) is 15.8. The Morgan fingerprint density at radius 2 is 1.86 bits per heavy atom. The van der Waals surface area contributed by atoms with E-state index in [2.05, 4.69) is 5.32 Å². The first-order valence-electron chi connectivity index (χ1n) is 7.27. The highest BCUT2D eigenvalue weighted by Crippen LogP contribution is 2.36. The van der Waals surface area contributed by atoms with Crippen LogP contribution in [0.2, 0.25) is 5.02 Å². The molecule has 1 saturated carbocycles. The van der Waals surface area contributed by atoms with Crippen molar-refractivity contribution < 1.29 is 14.7 Å². The van der Waals surface area contributed by atoms with Gasteiger partial charge >= 0.3 is 5.97 Å². The maximum Gasteiger partial charge on any atom is 0.311 e. The van der Waals surface area contributed by atoms with Crippen LogP contribution >= 0.6 is 11.6 Å². The third kappa shape index (κ3) is 3.97. The van der Waals surface area contributed by atoms with E-state index in [0.717, 1.165) is 24.8 Å². The average Bonchev–Trinajstić information content (AvgIpc) is 2.48. The first-order chi connectivity index (χ1) is 10.0. The van der Waals surface area contributed by atoms with Crippen LogP contribution < -0.4 is 5.32 Å². The monoisotopic (exact) mass is 309 g/mol. The molecule has 0 aromatic heterocycles. The molecule has 1 amide bonds. The van der Waals surface area contributed by atoms with E-state index in [1.54, 1.807) is 12.1 Å². The summed E-state index contributed by atoms with van der Waals surface area (Å²) in [5, 5.41) is 12.8. The predicted molar refractivity (Wildman–Crippen MR) is 81.3 cm³/mol. The van der Waals surface area contributed by atoms with E-state index in [0.29, 0.717) is 17.9 Å². The molecule has 0 saturated heterocycles. The topological polar surface area (TPSA) is 66.4 Å². The third-order valence-corrected chi connectivity index (χ3v) is 4.57. The second-order valence-electron chi connectivity index (χ2n) is 5.69. The van der Waals surface area contributed by atoms with Crippen molar-refractivity contribution in [1.82, 2.24) is 5.32 Å². The van der Waals surface area contributed by atoms with Crippen molar-refractivity contribution in [3.05, 3.63) is 34.9 Å². The number of carbonyl (C=O) groups is 2. The molecule has 2 N–H and O–H groups in total. The fourth-order valence-electron chi connectivity index (χ4n) is 2.84. The van der Waals surface area contributed by atoms with Crippen molar-refractivity contribution in [2.75, 3.05) is 6.54 Å². The van der Waals surface area contributed by atoms with Gasteiger partial charge in [-0.3, -0.25) is 9.59 Å². The summed E-state index contributed by atoms with van der Waals surface area (Å²) in [6.45, 7) is 0.200. The number of carbonyl (C=O) groups excluding carboxylic acids is 1. The van der Waals surface area contributed by atoms with E-state index in [1.165, 1.54) is 0 Å². The Morgan fingerprint density at radius 3 is 2.48 bits per heavy atom. The molecule has 1 aromatic carbocycles. The molecule has 0 unspecified atom stereocenters. The number of halogens is 1. The molecular formula is C16H20ClNO3. The largest absolute Gasteiger partial charge is 0.481 e. The van der Waals surface area contributed by atoms with Gasteiger partial charge in [-0.05, 0) is 24.5 Å². The highest BCUT2D eigenvalue weighted by molar-refractivity contribution is 6.31. The summed E-state index contributed by atoms with van der Waals surface area (Å²) in [5.41, 5.74) is -0.0429. The Bertz CT molecular complexity index is 524. The number of hydrogen-bond donors (Lipinski definition) is 2. The lowest BCUT2D eigenvalue weighted by Gasteiger charge is -2.33. The molecule has 21 heavy (non-hydrogen) atoms. The molecule has 2 rings (SSSR count). The molecular weight excluding hydrogens is 290 g/mol. The molecule has 0 aliphatic heterocycles. The van der Waals surface area contributed by atoms with Gasteiger partial charge in [0.15, 0.2) is 0 Å². The van der Waals surface area contributed by atoms with Crippen molar-refractivity contribution in [2.45, 2.75) is 38.5 Å². The molecule has 114 valence electrons. The summed E-state index contributed by atoms with van der Waals surface area (Å²) in [6.07, 6.45) is 4.33. The fraction of sp³-hybridized carbons (Fsp3) is 0.500. The molecule has 0 spiro atoms. The lowest BCUT2D eigenvalue weighted by atomic mass is 9.74. The van der Waals surface area contributed by atoms with Crippen LogP contribution in [0.15, 0.2) is 24.3 Å². The van der Waals surface area contributed by atoms with Gasteiger partial charge in [0.25, 0.3) is 0 Å². The van der Waals surface area contributed by atoms with E-state index < -0.39 is 11.4 Å². The van der Waals surface area contributed by atoms with Gasteiger partial charge in [-0.25, -0.2) is 0 Å². The number of carboxylic acid groups (broad SMARTS) is 1. The van der Waals surface area contributed by atoms with Gasteiger partial charge in [0, 0.05) is 11.6 Å². The Labute approximate surface area is 129 Å². The second-order valence-corrected chi connectivity index (χ2v) is 6.10. The zero-order valence-corrected chi connectivity index (χ0v) is 12.7. The van der Waals surface area contributed by atoms with E-state index in [9.17, 15) is 14.7 Å². The third-order valence-electron chi connectivity index (χ3n) is 4.20. The Kier molecular flexibility index (Phi) is 5.23. The fourth-order valence-corrected chi connectivity index (χ4v) is 3.04. The first-order valence-corrected chi connectivity index (χ1v) is 7.65. The van der Waals surface area contributed by atoms with Crippen LogP contribution in [-0.2, 0) is 16.0 Å². The SMILES string of the molecule is O=C(Cc1ccccc1Cl)NCC1(C(=O)O)CCCCC1. The van der Waals surface area contributed by atoms with Gasteiger partial charge in [0.2, 0.25) is 5.91 Å². The van der Waals surface area contributed by atoms with Crippen LogP contribution in [0.25, 0.3) is 0 Å². The smallest absolute Gasteiger partial charge is 0.311 e. The summed E-state index contributed by atoms with van der Waals surface area (Å²) < 4.78 is 0. The number of hydrogen-bond acceptors (Lipinski definition) is 2. The summed E-state index contributed by atoms with van der Waals surface area (Å²) in [5.74, 6) is -0.991. The average molecular weight is 310 g/mol. The van der Waals surface area contributed by atoms with Gasteiger partial charge in [0.1, 0.15) is 0 Å². The standard InChI is InChI=1S/C16H20ClNO3/c17-13-7-3-2-6-12(13)10-14(19)18-11-16(15(20)21)8-4-1-5-9-16/h2-3,6-7H,1,4-5,8-11H2,(H,18,19)(H,20,21). The van der Waals surface area contributed by atoms with Crippen LogP contribution in [-0.4, -0.2) is 23.5 Å². The maximum absolute atomic E-state index is 12.0. The minimum Gasteiger partial charge on any atom is -0.481 e. The highest BCUT2D eigenvalue weighted by Gasteiger charge is 2.39. The van der Waals surface area contributed by atoms with E-state index >= 15 is 0 Å². The van der Waals surface area contributed by atoms with Crippen molar-refractivity contribution >= 4 is 23.5 Å². The van der Waals surface area contributed by atoms with Crippen LogP contribution in [0, 0.1) is 5.41 Å². The van der Waals surface area contributed by atoms with Gasteiger partial charge in [-0.15, -0.1) is 0 Å². The van der Waals surface area contributed by atoms with E-state index in [-0.39, 0.29) is 18.9 Å². The van der Waals surface area contributed by atoms with Crippen LogP contribution in [0.4, 0.5) is 0 Å². The number of aliphatic carboxylic acids is 1. The Hall–Kier alpha value is -1.55. The number of benzene rings is 1. The molecule has 1 aliphatic rings. The van der Waals surface area contributed by atoms with Crippen LogP contribution in [0.3, 0.4) is 0 Å². The number of rotatable bonds is 5. The van der Waals surface area contributed by atoms with Crippen molar-refractivity contribution in [2.24, 2.45) is 5.41 Å². The van der Waals surface area contributed by atoms with Gasteiger partial charge in [0.05, 0.1) is 11.8 Å². The molecule has 0 heterocycles. The Balaban J connectivity index is 1.93. The summed E-state index contributed by atoms with van der Waals surface area (Å²) in [4.78, 5) is 23.5. The zero-order valence-electron chi connectivity index (χ0n) is 11.9. The van der Waals surface area contributed by atoms with Crippen LogP contribution in [0.5, 0.6) is 0 Å². The number of nitrogens with one attached hydrogen (secondary N) is 1. The van der Waals surface area contributed by atoms with Crippen LogP contribution in [0.1, 0.15) is 37.7 Å². The predicted octanol–water partition coefficient (Wildman–Crippen LogP) is 3.03. The molecule has 1 aliphatic carbocycles. The number of amides is 1. The van der Waals surface area contributed by atoms with E-state index in [4.69, 9.17) is 11.6 Å². The highest BCUT2D eigenvalue weighted by atomic mass is 35.5. The Morgan fingerprint density at radius 1 is 1.19 bits per heavy atom. The lowest BCUT2D eigenvalue weighted by molar-refractivity contribution is -0.151. The zero-order chi connectivity index (χ0) is 15.3. The lowest BCUT2D eigenvalue weighted by Crippen LogP contribution is -2.44. The molecule has 0 atom stereocenters. The van der Waals surface area contributed by atoms with Gasteiger partial charge in [-0.2, -0.15) is 0 Å². The molecule has 4 nitrogen and oxygen atoms in total. The molecule has 0 bridgehead atoms.